The van der Waals surface area contributed by atoms with Crippen LogP contribution in [0.15, 0.2) is 97.1 Å². The van der Waals surface area contributed by atoms with E-state index in [1.807, 2.05) is 111 Å². The highest BCUT2D eigenvalue weighted by Crippen LogP contribution is 2.41. The van der Waals surface area contributed by atoms with Crippen molar-refractivity contribution in [2.24, 2.45) is 0 Å². The van der Waals surface area contributed by atoms with Crippen LogP contribution in [0.25, 0.3) is 43.0 Å². The molecule has 2 N–H and O–H groups in total. The molecule has 1 aliphatic rings. The Morgan fingerprint density at radius 3 is 1.96 bits per heavy atom. The molecule has 10 heteroatoms. The van der Waals surface area contributed by atoms with Gasteiger partial charge in [-0.25, -0.2) is 9.97 Å². The number of ether oxygens (including phenoxy) is 2. The maximum Gasteiger partial charge on any atom is 0.137 e. The van der Waals surface area contributed by atoms with Crippen molar-refractivity contribution in [1.29, 1.82) is 10.5 Å². The zero-order chi connectivity index (χ0) is 34.2. The average Bonchev–Trinajstić information content (AvgIpc) is 3.93. The Morgan fingerprint density at radius 1 is 0.780 bits per heavy atom. The summed E-state index contributed by atoms with van der Waals surface area (Å²) in [6, 6.07) is 36.3. The molecule has 4 aromatic carbocycles. The zero-order valence-corrected chi connectivity index (χ0v) is 28.9. The van der Waals surface area contributed by atoms with Crippen LogP contribution in [0.3, 0.4) is 0 Å². The fraction of sp³-hybridized carbons (Fsp3) is 0.150. The minimum absolute atomic E-state index is 0.430. The van der Waals surface area contributed by atoms with Gasteiger partial charge in [-0.2, -0.15) is 10.5 Å². The lowest BCUT2D eigenvalue weighted by Crippen LogP contribution is -2.29. The van der Waals surface area contributed by atoms with E-state index >= 15 is 0 Å². The average molecular weight is 691 g/mol. The predicted molar refractivity (Wildman–Crippen MR) is 198 cm³/mol. The van der Waals surface area contributed by atoms with E-state index < -0.39 is 12.0 Å². The summed E-state index contributed by atoms with van der Waals surface area (Å²) < 4.78 is 13.5. The number of hydrogen-bond acceptors (Lipinski definition) is 9. The molecule has 0 amide bonds. The molecule has 2 unspecified atom stereocenters. The van der Waals surface area contributed by atoms with E-state index in [-0.39, 0.29) is 0 Å². The molecule has 0 saturated carbocycles. The number of nitrogens with zero attached hydrogens (tertiary/aromatic N) is 4. The number of H-pyrrole nitrogens is 1. The van der Waals surface area contributed by atoms with Gasteiger partial charge >= 0.3 is 0 Å². The molecule has 0 fully saturated rings. The summed E-state index contributed by atoms with van der Waals surface area (Å²) in [6.45, 7) is 5.03. The van der Waals surface area contributed by atoms with Crippen molar-refractivity contribution >= 4 is 54.4 Å². The first-order valence-corrected chi connectivity index (χ1v) is 18.0. The second-order valence-electron chi connectivity index (χ2n) is 11.7. The second-order valence-corrected chi connectivity index (χ2v) is 13.8. The summed E-state index contributed by atoms with van der Waals surface area (Å²) in [5.74, 6) is 0.891. The van der Waals surface area contributed by atoms with Crippen molar-refractivity contribution in [1.82, 2.24) is 20.3 Å². The summed E-state index contributed by atoms with van der Waals surface area (Å²) in [6.07, 6.45) is 0. The first-order valence-electron chi connectivity index (χ1n) is 16.3. The Hall–Kier alpha value is -5.94. The number of para-hydroxylation sites is 2. The normalized spacial score (nSPS) is 14.9. The molecule has 8 rings (SSSR count). The van der Waals surface area contributed by atoms with E-state index in [2.05, 4.69) is 22.4 Å². The van der Waals surface area contributed by atoms with E-state index in [0.29, 0.717) is 29.1 Å². The highest BCUT2D eigenvalue weighted by molar-refractivity contribution is 7.19. The van der Waals surface area contributed by atoms with Crippen LogP contribution in [-0.4, -0.2) is 28.2 Å². The van der Waals surface area contributed by atoms with Crippen molar-refractivity contribution in [3.63, 3.8) is 0 Å². The van der Waals surface area contributed by atoms with E-state index in [4.69, 9.17) is 19.4 Å². The molecule has 8 nitrogen and oxygen atoms in total. The second kappa shape index (κ2) is 13.2. The standard InChI is InChI=1S/C40H30N6O2S2/c1-3-47-25-17-13-23(14-18-25)35-33-34(38(45-35)28(22-42)40-44-30-10-6-8-12-32(30)50-40)36(24-15-19-26(20-16-24)48-4-2)46-37(33)27(21-41)39-43-29-9-5-7-11-31(29)49-39/h5-20,27,37,45-46H,3-4H2,1-2H3/b38-28-. The molecule has 3 aromatic heterocycles. The van der Waals surface area contributed by atoms with Gasteiger partial charge in [-0.3, -0.25) is 0 Å². The van der Waals surface area contributed by atoms with Gasteiger partial charge in [-0.1, -0.05) is 24.3 Å². The summed E-state index contributed by atoms with van der Waals surface area (Å²) >= 11 is 3.01. The van der Waals surface area contributed by atoms with Gasteiger partial charge in [0.25, 0.3) is 0 Å². The van der Waals surface area contributed by atoms with Gasteiger partial charge < -0.3 is 19.8 Å². The minimum atomic E-state index is -0.635. The monoisotopic (exact) mass is 690 g/mol. The number of hydrogen-bond donors (Lipinski definition) is 2. The topological polar surface area (TPSA) is 120 Å². The van der Waals surface area contributed by atoms with Crippen LogP contribution in [0.1, 0.15) is 46.9 Å². The lowest BCUT2D eigenvalue weighted by molar-refractivity contribution is 0.340. The molecule has 0 saturated heterocycles. The molecular weight excluding hydrogens is 661 g/mol. The van der Waals surface area contributed by atoms with Crippen LogP contribution in [0.5, 0.6) is 11.5 Å². The molecule has 244 valence electrons. The van der Waals surface area contributed by atoms with Crippen LogP contribution >= 0.6 is 22.7 Å². The summed E-state index contributed by atoms with van der Waals surface area (Å²) in [5, 5.41) is 28.3. The van der Waals surface area contributed by atoms with Crippen LogP contribution in [0.4, 0.5) is 0 Å². The number of nitrogens with one attached hydrogen (secondary N) is 2. The lowest BCUT2D eigenvalue weighted by atomic mass is 9.93. The van der Waals surface area contributed by atoms with Crippen LogP contribution in [-0.2, 0) is 0 Å². The van der Waals surface area contributed by atoms with E-state index in [9.17, 15) is 10.5 Å². The third-order valence-corrected chi connectivity index (χ3v) is 10.9. The molecule has 1 aliphatic heterocycles. The van der Waals surface area contributed by atoms with Gasteiger partial charge in [-0.15, -0.1) is 22.7 Å². The van der Waals surface area contributed by atoms with Gasteiger partial charge in [-0.05, 0) is 97.8 Å². The van der Waals surface area contributed by atoms with Gasteiger partial charge in [0.15, 0.2) is 0 Å². The molecule has 0 radical (unpaired) electrons. The Labute approximate surface area is 296 Å². The summed E-state index contributed by atoms with van der Waals surface area (Å²) in [7, 11) is 0. The third-order valence-electron chi connectivity index (χ3n) is 8.73. The number of rotatable bonds is 9. The Morgan fingerprint density at radius 2 is 1.38 bits per heavy atom. The molecule has 50 heavy (non-hydrogen) atoms. The smallest absolute Gasteiger partial charge is 0.137 e. The Kier molecular flexibility index (Phi) is 8.25. The fourth-order valence-corrected chi connectivity index (χ4v) is 8.55. The van der Waals surface area contributed by atoms with Crippen molar-refractivity contribution in [2.45, 2.75) is 25.8 Å². The first kappa shape index (κ1) is 31.3. The van der Waals surface area contributed by atoms with Gasteiger partial charge in [0, 0.05) is 10.8 Å². The van der Waals surface area contributed by atoms with Crippen LogP contribution < -0.4 is 25.4 Å². The molecule has 0 bridgehead atoms. The number of aromatic amines is 1. The van der Waals surface area contributed by atoms with Crippen LogP contribution in [0.2, 0.25) is 0 Å². The predicted octanol–water partition coefficient (Wildman–Crippen LogP) is 7.53. The SMILES string of the molecule is CCOc1ccc(C2=c3c(c(-c4ccc(OCC)cc4)[nH]/c3=C(/C#N)c3nc4ccccc4s3)C(C(C#N)c3nc4ccccc4s3)N2)cc1. The molecule has 4 heterocycles. The molecule has 0 aliphatic carbocycles. The first-order chi connectivity index (χ1) is 24.6. The maximum atomic E-state index is 10.9. The van der Waals surface area contributed by atoms with E-state index in [0.717, 1.165) is 70.2 Å². The quantitative estimate of drug-likeness (QED) is 0.161. The van der Waals surface area contributed by atoms with Gasteiger partial charge in [0.2, 0.25) is 0 Å². The lowest BCUT2D eigenvalue weighted by Gasteiger charge is -2.21. The highest BCUT2D eigenvalue weighted by atomic mass is 32.1. The van der Waals surface area contributed by atoms with Crippen molar-refractivity contribution in [2.75, 3.05) is 13.2 Å². The highest BCUT2D eigenvalue weighted by Gasteiger charge is 2.38. The van der Waals surface area contributed by atoms with Gasteiger partial charge in [0.05, 0.1) is 62.5 Å². The Bertz CT molecular complexity index is 2520. The third kappa shape index (κ3) is 5.45. The fourth-order valence-electron chi connectivity index (χ4n) is 6.53. The molecule has 7 aromatic rings. The molecule has 2 atom stereocenters. The number of aromatic nitrogens is 3. The molecular formula is C40H30N6O2S2. The number of thiazole rings is 2. The summed E-state index contributed by atoms with van der Waals surface area (Å²) in [5.41, 5.74) is 6.45. The maximum absolute atomic E-state index is 10.9. The minimum Gasteiger partial charge on any atom is -0.494 e. The number of benzene rings is 4. The van der Waals surface area contributed by atoms with E-state index in [1.54, 1.807) is 0 Å². The van der Waals surface area contributed by atoms with Crippen molar-refractivity contribution in [3.05, 3.63) is 129 Å². The van der Waals surface area contributed by atoms with E-state index in [1.165, 1.54) is 22.7 Å². The van der Waals surface area contributed by atoms with Gasteiger partial charge in [0.1, 0.15) is 39.1 Å². The van der Waals surface area contributed by atoms with Crippen LogP contribution in [0, 0.1) is 22.7 Å². The largest absolute Gasteiger partial charge is 0.494 e. The summed E-state index contributed by atoms with van der Waals surface area (Å²) in [4.78, 5) is 13.5. The Balaban J connectivity index is 1.44. The number of fused-ring (bicyclic) bond motifs is 3. The molecule has 0 spiro atoms. The van der Waals surface area contributed by atoms with Crippen molar-refractivity contribution in [3.8, 4) is 34.9 Å². The zero-order valence-electron chi connectivity index (χ0n) is 27.2. The van der Waals surface area contributed by atoms with Crippen molar-refractivity contribution < 1.29 is 9.47 Å². The number of nitriles is 2.